The van der Waals surface area contributed by atoms with Crippen LogP contribution in [0.4, 0.5) is 27.7 Å². The molecule has 0 bridgehead atoms. The van der Waals surface area contributed by atoms with Gasteiger partial charge in [0.05, 0.1) is 24.2 Å². The number of aryl methyl sites for hydroxylation is 1. The number of nitrogens with one attached hydrogen (secondary N) is 2. The van der Waals surface area contributed by atoms with E-state index in [9.17, 15) is 4.79 Å². The molecule has 0 aliphatic heterocycles. The van der Waals surface area contributed by atoms with Crippen LogP contribution in [0.15, 0.2) is 36.5 Å². The number of nitrogens with zero attached hydrogens (tertiary/aromatic N) is 1. The highest BCUT2D eigenvalue weighted by atomic mass is 16.5. The maximum Gasteiger partial charge on any atom is 0.411 e. The minimum Gasteiger partial charge on any atom is -0.450 e. The molecule has 2 rings (SSSR count). The predicted octanol–water partition coefficient (Wildman–Crippen LogP) is 3.28. The smallest absolute Gasteiger partial charge is 0.411 e. The average molecular weight is 286 g/mol. The molecular formula is C15H18N4O2. The third-order valence-corrected chi connectivity index (χ3v) is 2.75. The van der Waals surface area contributed by atoms with Crippen molar-refractivity contribution in [3.05, 3.63) is 42.1 Å². The lowest BCUT2D eigenvalue weighted by Crippen LogP contribution is -2.14. The quantitative estimate of drug-likeness (QED) is 0.802. The summed E-state index contributed by atoms with van der Waals surface area (Å²) in [6.45, 7) is 4.06. The summed E-state index contributed by atoms with van der Waals surface area (Å²) in [6, 6.07) is 9.51. The molecule has 2 aromatic rings. The summed E-state index contributed by atoms with van der Waals surface area (Å²) in [5.74, 6) is 0.535. The van der Waals surface area contributed by atoms with Gasteiger partial charge in [0.2, 0.25) is 0 Å². The van der Waals surface area contributed by atoms with E-state index in [1.54, 1.807) is 13.0 Å². The predicted molar refractivity (Wildman–Crippen MR) is 83.8 cm³/mol. The number of ether oxygens (including phenoxy) is 1. The molecular weight excluding hydrogens is 268 g/mol. The number of rotatable bonds is 4. The molecule has 0 fully saturated rings. The van der Waals surface area contributed by atoms with Crippen molar-refractivity contribution in [1.29, 1.82) is 0 Å². The Morgan fingerprint density at radius 1 is 1.29 bits per heavy atom. The van der Waals surface area contributed by atoms with Crippen molar-refractivity contribution in [3.8, 4) is 0 Å². The number of amides is 1. The van der Waals surface area contributed by atoms with Gasteiger partial charge in [-0.25, -0.2) is 9.78 Å². The average Bonchev–Trinajstić information content (AvgIpc) is 2.44. The Morgan fingerprint density at radius 2 is 2.00 bits per heavy atom. The number of hydrogen-bond donors (Lipinski definition) is 3. The molecule has 0 atom stereocenters. The number of carbonyl (C=O) groups is 1. The normalized spacial score (nSPS) is 10.0. The molecule has 0 aliphatic rings. The Morgan fingerprint density at radius 3 is 2.62 bits per heavy atom. The highest BCUT2D eigenvalue weighted by molar-refractivity contribution is 5.86. The van der Waals surface area contributed by atoms with Crippen molar-refractivity contribution < 1.29 is 9.53 Å². The fourth-order valence-corrected chi connectivity index (χ4v) is 1.71. The van der Waals surface area contributed by atoms with Crippen molar-refractivity contribution in [2.24, 2.45) is 0 Å². The first-order chi connectivity index (χ1) is 10.1. The number of nitrogens with two attached hydrogens (primary N) is 1. The van der Waals surface area contributed by atoms with Crippen LogP contribution in [-0.4, -0.2) is 17.7 Å². The van der Waals surface area contributed by atoms with Gasteiger partial charge >= 0.3 is 6.09 Å². The third kappa shape index (κ3) is 4.10. The second kappa shape index (κ2) is 6.60. The number of pyridine rings is 1. The zero-order valence-electron chi connectivity index (χ0n) is 12.0. The first kappa shape index (κ1) is 14.6. The summed E-state index contributed by atoms with van der Waals surface area (Å²) in [4.78, 5) is 15.5. The van der Waals surface area contributed by atoms with Crippen molar-refractivity contribution >= 4 is 29.0 Å². The lowest BCUT2D eigenvalue weighted by Gasteiger charge is -2.10. The lowest BCUT2D eigenvalue weighted by molar-refractivity contribution is 0.168. The highest BCUT2D eigenvalue weighted by Gasteiger charge is 2.06. The Kier molecular flexibility index (Phi) is 4.61. The van der Waals surface area contributed by atoms with Crippen LogP contribution >= 0.6 is 0 Å². The number of nitrogen functional groups attached to an aromatic ring is 1. The molecule has 1 heterocycles. The van der Waals surface area contributed by atoms with Crippen LogP contribution in [-0.2, 0) is 4.74 Å². The zero-order chi connectivity index (χ0) is 15.2. The van der Waals surface area contributed by atoms with Gasteiger partial charge in [-0.3, -0.25) is 5.32 Å². The first-order valence-electron chi connectivity index (χ1n) is 6.61. The minimum atomic E-state index is -0.530. The van der Waals surface area contributed by atoms with Gasteiger partial charge in [-0.15, -0.1) is 0 Å². The third-order valence-electron chi connectivity index (χ3n) is 2.75. The van der Waals surface area contributed by atoms with E-state index in [2.05, 4.69) is 15.6 Å². The Labute approximate surface area is 123 Å². The molecule has 0 saturated heterocycles. The van der Waals surface area contributed by atoms with Crippen molar-refractivity contribution in [1.82, 2.24) is 4.98 Å². The van der Waals surface area contributed by atoms with Crippen LogP contribution in [0.3, 0.4) is 0 Å². The van der Waals surface area contributed by atoms with E-state index in [0.29, 0.717) is 23.8 Å². The number of carbonyl (C=O) groups excluding carboxylic acids is 1. The second-order valence-electron chi connectivity index (χ2n) is 4.50. The second-order valence-corrected chi connectivity index (χ2v) is 4.50. The standard InChI is InChI=1S/C15H18N4O2/c1-3-21-15(20)19-12-8-13(16)14(17-9-12)18-11-6-4-10(2)5-7-11/h4-9H,3,16H2,1-2H3,(H,17,18)(H,19,20). The molecule has 0 spiro atoms. The maximum atomic E-state index is 11.3. The van der Waals surface area contributed by atoms with E-state index >= 15 is 0 Å². The van der Waals surface area contributed by atoms with Crippen LogP contribution < -0.4 is 16.4 Å². The SMILES string of the molecule is CCOC(=O)Nc1cnc(Nc2ccc(C)cc2)c(N)c1. The van der Waals surface area contributed by atoms with Crippen LogP contribution in [0, 0.1) is 6.92 Å². The molecule has 0 unspecified atom stereocenters. The van der Waals surface area contributed by atoms with Crippen LogP contribution in [0.1, 0.15) is 12.5 Å². The van der Waals surface area contributed by atoms with E-state index in [1.165, 1.54) is 11.8 Å². The molecule has 0 radical (unpaired) electrons. The molecule has 4 N–H and O–H groups in total. The van der Waals surface area contributed by atoms with E-state index in [4.69, 9.17) is 10.5 Å². The Balaban J connectivity index is 2.08. The summed E-state index contributed by atoms with van der Waals surface area (Å²) in [5.41, 5.74) is 8.92. The van der Waals surface area contributed by atoms with Gasteiger partial charge in [0.15, 0.2) is 5.82 Å². The van der Waals surface area contributed by atoms with Crippen molar-refractivity contribution in [3.63, 3.8) is 0 Å². The van der Waals surface area contributed by atoms with Gasteiger partial charge in [0.1, 0.15) is 0 Å². The van der Waals surface area contributed by atoms with E-state index < -0.39 is 6.09 Å². The fraction of sp³-hybridized carbons (Fsp3) is 0.200. The van der Waals surface area contributed by atoms with E-state index in [0.717, 1.165) is 5.69 Å². The number of anilines is 4. The molecule has 110 valence electrons. The van der Waals surface area contributed by atoms with Crippen molar-refractivity contribution in [2.45, 2.75) is 13.8 Å². The Hall–Kier alpha value is -2.76. The monoisotopic (exact) mass is 286 g/mol. The fourth-order valence-electron chi connectivity index (χ4n) is 1.71. The molecule has 1 amide bonds. The number of hydrogen-bond acceptors (Lipinski definition) is 5. The van der Waals surface area contributed by atoms with Gasteiger partial charge < -0.3 is 15.8 Å². The summed E-state index contributed by atoms with van der Waals surface area (Å²) in [5, 5.41) is 5.68. The molecule has 0 saturated carbocycles. The topological polar surface area (TPSA) is 89.3 Å². The van der Waals surface area contributed by atoms with E-state index in [-0.39, 0.29) is 0 Å². The molecule has 21 heavy (non-hydrogen) atoms. The summed E-state index contributed by atoms with van der Waals surface area (Å²) < 4.78 is 4.79. The maximum absolute atomic E-state index is 11.3. The first-order valence-corrected chi connectivity index (χ1v) is 6.61. The minimum absolute atomic E-state index is 0.307. The molecule has 1 aromatic heterocycles. The molecule has 6 heteroatoms. The molecule has 6 nitrogen and oxygen atoms in total. The van der Waals surface area contributed by atoms with Gasteiger partial charge in [-0.1, -0.05) is 17.7 Å². The van der Waals surface area contributed by atoms with Crippen LogP contribution in [0.25, 0.3) is 0 Å². The summed E-state index contributed by atoms with van der Waals surface area (Å²) in [7, 11) is 0. The zero-order valence-corrected chi connectivity index (χ0v) is 12.0. The summed E-state index contributed by atoms with van der Waals surface area (Å²) in [6.07, 6.45) is 0.988. The van der Waals surface area contributed by atoms with Crippen LogP contribution in [0.5, 0.6) is 0 Å². The van der Waals surface area contributed by atoms with Crippen LogP contribution in [0.2, 0.25) is 0 Å². The van der Waals surface area contributed by atoms with E-state index in [1.807, 2.05) is 31.2 Å². The van der Waals surface area contributed by atoms with Gasteiger partial charge in [0, 0.05) is 5.69 Å². The van der Waals surface area contributed by atoms with Gasteiger partial charge in [0.25, 0.3) is 0 Å². The van der Waals surface area contributed by atoms with Gasteiger partial charge in [-0.05, 0) is 32.0 Å². The highest BCUT2D eigenvalue weighted by Crippen LogP contribution is 2.23. The Bertz CT molecular complexity index is 626. The number of benzene rings is 1. The van der Waals surface area contributed by atoms with Crippen molar-refractivity contribution in [2.75, 3.05) is 23.0 Å². The number of aromatic nitrogens is 1. The summed E-state index contributed by atoms with van der Waals surface area (Å²) >= 11 is 0. The largest absolute Gasteiger partial charge is 0.450 e. The van der Waals surface area contributed by atoms with Gasteiger partial charge in [-0.2, -0.15) is 0 Å². The molecule has 1 aromatic carbocycles. The lowest BCUT2D eigenvalue weighted by atomic mass is 10.2. The molecule has 0 aliphatic carbocycles.